The Labute approximate surface area is 132 Å². The minimum atomic E-state index is -0.585. The van der Waals surface area contributed by atoms with Crippen LogP contribution in [0.15, 0.2) is 12.4 Å². The zero-order valence-corrected chi connectivity index (χ0v) is 13.6. The average Bonchev–Trinajstić information content (AvgIpc) is 3.04. The molecule has 1 aromatic rings. The second-order valence-electron chi connectivity index (χ2n) is 6.91. The average molecular weight is 304 g/mol. The van der Waals surface area contributed by atoms with Gasteiger partial charge in [-0.2, -0.15) is 5.10 Å². The highest BCUT2D eigenvalue weighted by Gasteiger charge is 2.39. The van der Waals surface area contributed by atoms with Gasteiger partial charge in [-0.1, -0.05) is 19.3 Å². The molecule has 1 aliphatic carbocycles. The number of likely N-dealkylation sites (tertiary alicyclic amines) is 1. The molecule has 0 bridgehead atoms. The molecular formula is C17H28N4O. The molecule has 0 atom stereocenters. The minimum Gasteiger partial charge on any atom is -0.341 e. The van der Waals surface area contributed by atoms with E-state index in [9.17, 15) is 4.79 Å². The van der Waals surface area contributed by atoms with Crippen molar-refractivity contribution < 1.29 is 4.79 Å². The van der Waals surface area contributed by atoms with E-state index < -0.39 is 5.54 Å². The lowest BCUT2D eigenvalue weighted by molar-refractivity contribution is -0.139. The Hall–Kier alpha value is -1.36. The maximum absolute atomic E-state index is 12.8. The van der Waals surface area contributed by atoms with Gasteiger partial charge in [0.25, 0.3) is 0 Å². The first-order valence-corrected chi connectivity index (χ1v) is 8.73. The molecule has 22 heavy (non-hydrogen) atoms. The largest absolute Gasteiger partial charge is 0.341 e. The molecule has 1 aliphatic heterocycles. The van der Waals surface area contributed by atoms with E-state index in [0.717, 1.165) is 58.2 Å². The summed E-state index contributed by atoms with van der Waals surface area (Å²) in [5.41, 5.74) is 7.12. The molecule has 2 fully saturated rings. The van der Waals surface area contributed by atoms with E-state index in [2.05, 4.69) is 18.2 Å². The number of nitrogens with two attached hydrogens (primary N) is 1. The number of carbonyl (C=O) groups is 1. The summed E-state index contributed by atoms with van der Waals surface area (Å²) in [5, 5.41) is 4.36. The van der Waals surface area contributed by atoms with Crippen molar-refractivity contribution >= 4 is 5.91 Å². The van der Waals surface area contributed by atoms with Crippen molar-refractivity contribution in [2.75, 3.05) is 13.1 Å². The standard InChI is InChI=1S/C17H28N4O/c1-2-21-13-15(12-19-21)14-6-10-20(11-7-14)16(22)17(18)8-4-3-5-9-17/h12-14H,2-11,18H2,1H3. The van der Waals surface area contributed by atoms with Gasteiger partial charge in [0, 0.05) is 25.8 Å². The number of aromatic nitrogens is 2. The van der Waals surface area contributed by atoms with Crippen LogP contribution in [0, 0.1) is 0 Å². The fourth-order valence-electron chi connectivity index (χ4n) is 3.89. The van der Waals surface area contributed by atoms with Crippen LogP contribution < -0.4 is 5.73 Å². The summed E-state index contributed by atoms with van der Waals surface area (Å²) in [6.07, 6.45) is 11.3. The molecule has 5 heteroatoms. The van der Waals surface area contributed by atoms with E-state index in [0.29, 0.717) is 5.92 Å². The zero-order chi connectivity index (χ0) is 15.6. The molecule has 5 nitrogen and oxygen atoms in total. The summed E-state index contributed by atoms with van der Waals surface area (Å²) in [6, 6.07) is 0. The van der Waals surface area contributed by atoms with Crippen molar-refractivity contribution in [3.05, 3.63) is 18.0 Å². The molecule has 0 radical (unpaired) electrons. The summed E-state index contributed by atoms with van der Waals surface area (Å²) in [4.78, 5) is 14.8. The maximum atomic E-state index is 12.8. The molecule has 1 amide bonds. The number of amides is 1. The number of piperidine rings is 1. The van der Waals surface area contributed by atoms with Crippen LogP contribution in [-0.2, 0) is 11.3 Å². The molecule has 122 valence electrons. The number of hydrogen-bond donors (Lipinski definition) is 1. The van der Waals surface area contributed by atoms with Gasteiger partial charge < -0.3 is 10.6 Å². The van der Waals surface area contributed by atoms with Gasteiger partial charge in [0.1, 0.15) is 0 Å². The number of nitrogens with zero attached hydrogens (tertiary/aromatic N) is 3. The van der Waals surface area contributed by atoms with E-state index in [1.807, 2.05) is 15.8 Å². The Balaban J connectivity index is 1.58. The number of rotatable bonds is 3. The Kier molecular flexibility index (Phi) is 4.52. The highest BCUT2D eigenvalue weighted by Crippen LogP contribution is 2.32. The normalized spacial score (nSPS) is 22.7. The molecule has 3 rings (SSSR count). The quantitative estimate of drug-likeness (QED) is 0.931. The summed E-state index contributed by atoms with van der Waals surface area (Å²) in [5.74, 6) is 0.722. The predicted molar refractivity (Wildman–Crippen MR) is 86.5 cm³/mol. The van der Waals surface area contributed by atoms with Gasteiger partial charge in [-0.3, -0.25) is 9.48 Å². The SMILES string of the molecule is CCn1cc(C2CCN(C(=O)C3(N)CCCCC3)CC2)cn1. The number of hydrogen-bond acceptors (Lipinski definition) is 3. The molecule has 2 heterocycles. The van der Waals surface area contributed by atoms with Gasteiger partial charge in [-0.15, -0.1) is 0 Å². The minimum absolute atomic E-state index is 0.190. The van der Waals surface area contributed by atoms with Gasteiger partial charge in [0.15, 0.2) is 0 Å². The van der Waals surface area contributed by atoms with Gasteiger partial charge in [-0.05, 0) is 44.1 Å². The van der Waals surface area contributed by atoms with Gasteiger partial charge >= 0.3 is 0 Å². The van der Waals surface area contributed by atoms with E-state index in [4.69, 9.17) is 5.73 Å². The zero-order valence-electron chi connectivity index (χ0n) is 13.6. The summed E-state index contributed by atoms with van der Waals surface area (Å²) in [6.45, 7) is 4.68. The molecule has 1 aromatic heterocycles. The van der Waals surface area contributed by atoms with Gasteiger partial charge in [0.05, 0.1) is 11.7 Å². The molecule has 1 saturated carbocycles. The Morgan fingerprint density at radius 1 is 1.32 bits per heavy atom. The van der Waals surface area contributed by atoms with Gasteiger partial charge in [0.2, 0.25) is 5.91 Å². The molecule has 2 aliphatic rings. The fraction of sp³-hybridized carbons (Fsp3) is 0.765. The lowest BCUT2D eigenvalue weighted by atomic mass is 9.80. The van der Waals surface area contributed by atoms with E-state index in [1.54, 1.807) is 0 Å². The van der Waals surface area contributed by atoms with Crippen molar-refractivity contribution in [1.29, 1.82) is 0 Å². The van der Waals surface area contributed by atoms with Crippen molar-refractivity contribution in [1.82, 2.24) is 14.7 Å². The molecule has 0 spiro atoms. The smallest absolute Gasteiger partial charge is 0.242 e. The van der Waals surface area contributed by atoms with Crippen LogP contribution in [0.3, 0.4) is 0 Å². The Morgan fingerprint density at radius 2 is 2.00 bits per heavy atom. The number of carbonyl (C=O) groups excluding carboxylic acids is 1. The third-order valence-electron chi connectivity index (χ3n) is 5.40. The van der Waals surface area contributed by atoms with E-state index in [1.165, 1.54) is 12.0 Å². The lowest BCUT2D eigenvalue weighted by Gasteiger charge is -2.40. The van der Waals surface area contributed by atoms with Crippen molar-refractivity contribution in [3.63, 3.8) is 0 Å². The van der Waals surface area contributed by atoms with E-state index in [-0.39, 0.29) is 5.91 Å². The van der Waals surface area contributed by atoms with Gasteiger partial charge in [-0.25, -0.2) is 0 Å². The number of aryl methyl sites for hydroxylation is 1. The molecule has 0 unspecified atom stereocenters. The highest BCUT2D eigenvalue weighted by atomic mass is 16.2. The first-order valence-electron chi connectivity index (χ1n) is 8.73. The highest BCUT2D eigenvalue weighted by molar-refractivity contribution is 5.86. The first-order chi connectivity index (χ1) is 10.6. The van der Waals surface area contributed by atoms with Crippen molar-refractivity contribution in [3.8, 4) is 0 Å². The van der Waals surface area contributed by atoms with Crippen LogP contribution in [0.5, 0.6) is 0 Å². The third kappa shape index (κ3) is 3.05. The van der Waals surface area contributed by atoms with E-state index >= 15 is 0 Å². The first kappa shape index (κ1) is 15.5. The molecule has 0 aromatic carbocycles. The topological polar surface area (TPSA) is 64.2 Å². The van der Waals surface area contributed by atoms with Crippen LogP contribution in [-0.4, -0.2) is 39.2 Å². The lowest BCUT2D eigenvalue weighted by Crippen LogP contribution is -2.57. The van der Waals surface area contributed by atoms with Crippen LogP contribution in [0.2, 0.25) is 0 Å². The van der Waals surface area contributed by atoms with Crippen molar-refractivity contribution in [2.45, 2.75) is 69.9 Å². The third-order valence-corrected chi connectivity index (χ3v) is 5.40. The summed E-state index contributed by atoms with van der Waals surface area (Å²) in [7, 11) is 0. The molecule has 2 N–H and O–H groups in total. The second-order valence-corrected chi connectivity index (χ2v) is 6.91. The maximum Gasteiger partial charge on any atom is 0.242 e. The van der Waals surface area contributed by atoms with Crippen LogP contribution in [0.25, 0.3) is 0 Å². The summed E-state index contributed by atoms with van der Waals surface area (Å²) >= 11 is 0. The van der Waals surface area contributed by atoms with Crippen LogP contribution in [0.1, 0.15) is 63.4 Å². The van der Waals surface area contributed by atoms with Crippen LogP contribution >= 0.6 is 0 Å². The second kappa shape index (κ2) is 6.41. The van der Waals surface area contributed by atoms with Crippen LogP contribution in [0.4, 0.5) is 0 Å². The molecular weight excluding hydrogens is 276 g/mol. The predicted octanol–water partition coefficient (Wildman–Crippen LogP) is 2.27. The molecule has 1 saturated heterocycles. The van der Waals surface area contributed by atoms with Crippen molar-refractivity contribution in [2.24, 2.45) is 5.73 Å². The Morgan fingerprint density at radius 3 is 2.59 bits per heavy atom. The monoisotopic (exact) mass is 304 g/mol. The summed E-state index contributed by atoms with van der Waals surface area (Å²) < 4.78 is 1.98. The fourth-order valence-corrected chi connectivity index (χ4v) is 3.89. The Bertz CT molecular complexity index is 510.